The first-order valence-electron chi connectivity index (χ1n) is 9.04. The monoisotopic (exact) mass is 433 g/mol. The number of nitro groups is 1. The second-order valence-corrected chi connectivity index (χ2v) is 7.38. The molecule has 0 spiro atoms. The Bertz CT molecular complexity index is 961. The molecule has 0 unspecified atom stereocenters. The molecule has 1 atom stereocenters. The summed E-state index contributed by atoms with van der Waals surface area (Å²) in [7, 11) is 1.31. The van der Waals surface area contributed by atoms with E-state index in [0.29, 0.717) is 24.3 Å². The minimum absolute atomic E-state index is 0.104. The molecule has 1 aromatic carbocycles. The maximum Gasteiger partial charge on any atom is 0.329 e. The van der Waals surface area contributed by atoms with Crippen LogP contribution in [0, 0.1) is 10.1 Å². The molecule has 1 aliphatic heterocycles. The van der Waals surface area contributed by atoms with E-state index in [9.17, 15) is 24.5 Å². The molecule has 0 bridgehead atoms. The van der Waals surface area contributed by atoms with E-state index in [2.05, 4.69) is 5.32 Å². The molecule has 1 aromatic heterocycles. The van der Waals surface area contributed by atoms with Gasteiger partial charge < -0.3 is 19.7 Å². The molecule has 1 saturated heterocycles. The number of anilines is 1. The number of non-ortho nitro benzene ring substituents is 1. The van der Waals surface area contributed by atoms with Crippen LogP contribution in [0.1, 0.15) is 22.5 Å². The predicted octanol–water partition coefficient (Wildman–Crippen LogP) is 2.45. The number of methoxy groups -OCH3 is 1. The van der Waals surface area contributed by atoms with Crippen LogP contribution in [0.3, 0.4) is 0 Å². The van der Waals surface area contributed by atoms with E-state index in [-0.39, 0.29) is 23.0 Å². The molecule has 0 aliphatic carbocycles. The topological polar surface area (TPSA) is 128 Å². The summed E-state index contributed by atoms with van der Waals surface area (Å²) in [4.78, 5) is 49.4. The molecule has 1 N–H and O–H groups in total. The summed E-state index contributed by atoms with van der Waals surface area (Å²) in [5.74, 6) is -1.41. The van der Waals surface area contributed by atoms with Gasteiger partial charge in [0.2, 0.25) is 0 Å². The molecular weight excluding hydrogens is 414 g/mol. The SMILES string of the molecule is COc1cc([N+](=O)[O-])ccc1NC(=O)COC(=O)[C@@H]1CCCN1C(=O)c1cccs1. The van der Waals surface area contributed by atoms with Crippen molar-refractivity contribution in [1.82, 2.24) is 4.90 Å². The maximum absolute atomic E-state index is 12.5. The highest BCUT2D eigenvalue weighted by Crippen LogP contribution is 2.29. The Kier molecular flexibility index (Phi) is 6.62. The van der Waals surface area contributed by atoms with Crippen LogP contribution >= 0.6 is 11.3 Å². The Morgan fingerprint density at radius 3 is 2.80 bits per heavy atom. The molecule has 158 valence electrons. The van der Waals surface area contributed by atoms with E-state index in [4.69, 9.17) is 9.47 Å². The molecule has 2 amide bonds. The van der Waals surface area contributed by atoms with Gasteiger partial charge in [-0.2, -0.15) is 0 Å². The van der Waals surface area contributed by atoms with Crippen molar-refractivity contribution < 1.29 is 28.8 Å². The third-order valence-electron chi connectivity index (χ3n) is 4.53. The molecule has 10 nitrogen and oxygen atoms in total. The fraction of sp³-hybridized carbons (Fsp3) is 0.316. The van der Waals surface area contributed by atoms with Crippen molar-refractivity contribution >= 4 is 40.5 Å². The number of benzene rings is 1. The molecule has 0 saturated carbocycles. The van der Waals surface area contributed by atoms with Gasteiger partial charge in [0.1, 0.15) is 11.8 Å². The Hall–Kier alpha value is -3.47. The van der Waals surface area contributed by atoms with Gasteiger partial charge in [0.25, 0.3) is 17.5 Å². The van der Waals surface area contributed by atoms with Crippen LogP contribution in [0.25, 0.3) is 0 Å². The molecule has 3 rings (SSSR count). The minimum Gasteiger partial charge on any atom is -0.494 e. The van der Waals surface area contributed by atoms with Crippen molar-refractivity contribution in [3.63, 3.8) is 0 Å². The van der Waals surface area contributed by atoms with E-state index < -0.39 is 29.4 Å². The van der Waals surface area contributed by atoms with Crippen molar-refractivity contribution in [2.24, 2.45) is 0 Å². The van der Waals surface area contributed by atoms with Gasteiger partial charge in [-0.25, -0.2) is 4.79 Å². The summed E-state index contributed by atoms with van der Waals surface area (Å²) in [6.45, 7) is -0.112. The largest absolute Gasteiger partial charge is 0.494 e. The molecule has 30 heavy (non-hydrogen) atoms. The van der Waals surface area contributed by atoms with Crippen LogP contribution in [0.15, 0.2) is 35.7 Å². The van der Waals surface area contributed by atoms with Gasteiger partial charge in [-0.3, -0.25) is 19.7 Å². The van der Waals surface area contributed by atoms with E-state index in [1.165, 1.54) is 41.5 Å². The number of hydrogen-bond donors (Lipinski definition) is 1. The standard InChI is InChI=1S/C19H19N3O7S/c1-28-15-10-12(22(26)27)6-7-13(15)20-17(23)11-29-19(25)14-4-2-8-21(14)18(24)16-5-3-9-30-16/h3,5-7,9-10,14H,2,4,8,11H2,1H3,(H,20,23)/t14-/m0/s1. The maximum atomic E-state index is 12.5. The van der Waals surface area contributed by atoms with Crippen LogP contribution < -0.4 is 10.1 Å². The molecule has 1 fully saturated rings. The Balaban J connectivity index is 1.57. The van der Waals surface area contributed by atoms with Crippen LogP contribution in [0.4, 0.5) is 11.4 Å². The number of thiophene rings is 1. The number of nitrogens with zero attached hydrogens (tertiary/aromatic N) is 2. The third-order valence-corrected chi connectivity index (χ3v) is 5.39. The zero-order valence-corrected chi connectivity index (χ0v) is 16.8. The number of nitrogens with one attached hydrogen (secondary N) is 1. The smallest absolute Gasteiger partial charge is 0.329 e. The number of carbonyl (C=O) groups excluding carboxylic acids is 3. The molecule has 0 radical (unpaired) electrons. The van der Waals surface area contributed by atoms with Crippen molar-refractivity contribution in [3.05, 3.63) is 50.7 Å². The van der Waals surface area contributed by atoms with Crippen molar-refractivity contribution in [1.29, 1.82) is 0 Å². The van der Waals surface area contributed by atoms with Crippen LogP contribution in [-0.2, 0) is 14.3 Å². The number of amides is 2. The average Bonchev–Trinajstić information content (AvgIpc) is 3.43. The first-order valence-corrected chi connectivity index (χ1v) is 9.92. The molecule has 2 heterocycles. The normalized spacial score (nSPS) is 15.5. The van der Waals surface area contributed by atoms with Crippen molar-refractivity contribution in [3.8, 4) is 5.75 Å². The van der Waals surface area contributed by atoms with Gasteiger partial charge in [-0.1, -0.05) is 6.07 Å². The van der Waals surface area contributed by atoms with Gasteiger partial charge in [0.05, 0.1) is 28.7 Å². The molecule has 11 heteroatoms. The third kappa shape index (κ3) is 4.74. The summed E-state index contributed by atoms with van der Waals surface area (Å²) < 4.78 is 10.2. The minimum atomic E-state index is -0.735. The lowest BCUT2D eigenvalue weighted by Crippen LogP contribution is -2.41. The Morgan fingerprint density at radius 2 is 2.13 bits per heavy atom. The molecule has 2 aromatic rings. The highest BCUT2D eigenvalue weighted by molar-refractivity contribution is 7.12. The second kappa shape index (κ2) is 9.35. The number of esters is 1. The number of rotatable bonds is 7. The number of ether oxygens (including phenoxy) is 2. The van der Waals surface area contributed by atoms with Crippen molar-refractivity contribution in [2.45, 2.75) is 18.9 Å². The van der Waals surface area contributed by atoms with Gasteiger partial charge in [0.15, 0.2) is 6.61 Å². The zero-order chi connectivity index (χ0) is 21.7. The quantitative estimate of drug-likeness (QED) is 0.403. The summed E-state index contributed by atoms with van der Waals surface area (Å²) in [6, 6.07) is 6.44. The highest BCUT2D eigenvalue weighted by atomic mass is 32.1. The Morgan fingerprint density at radius 1 is 1.33 bits per heavy atom. The van der Waals surface area contributed by atoms with Crippen LogP contribution in [0.5, 0.6) is 5.75 Å². The van der Waals surface area contributed by atoms with Crippen LogP contribution in [0.2, 0.25) is 0 Å². The molecular formula is C19H19N3O7S. The van der Waals surface area contributed by atoms with Crippen molar-refractivity contribution in [2.75, 3.05) is 25.6 Å². The summed E-state index contributed by atoms with van der Waals surface area (Å²) >= 11 is 1.30. The fourth-order valence-corrected chi connectivity index (χ4v) is 3.79. The lowest BCUT2D eigenvalue weighted by Gasteiger charge is -2.22. The van der Waals surface area contributed by atoms with E-state index in [1.807, 2.05) is 0 Å². The number of carbonyl (C=O) groups is 3. The van der Waals surface area contributed by atoms with E-state index >= 15 is 0 Å². The Labute approximate surface area is 175 Å². The van der Waals surface area contributed by atoms with Gasteiger partial charge in [0, 0.05) is 12.6 Å². The number of hydrogen-bond acceptors (Lipinski definition) is 8. The second-order valence-electron chi connectivity index (χ2n) is 6.43. The fourth-order valence-electron chi connectivity index (χ4n) is 3.11. The van der Waals surface area contributed by atoms with Crippen LogP contribution in [-0.4, -0.2) is 53.9 Å². The lowest BCUT2D eigenvalue weighted by atomic mass is 10.2. The number of likely N-dealkylation sites (tertiary alicyclic amines) is 1. The van der Waals surface area contributed by atoms with E-state index in [0.717, 1.165) is 0 Å². The highest BCUT2D eigenvalue weighted by Gasteiger charge is 2.36. The van der Waals surface area contributed by atoms with Gasteiger partial charge in [-0.05, 0) is 30.4 Å². The first-order chi connectivity index (χ1) is 14.4. The van der Waals surface area contributed by atoms with Gasteiger partial charge in [-0.15, -0.1) is 11.3 Å². The zero-order valence-electron chi connectivity index (χ0n) is 16.0. The first kappa shape index (κ1) is 21.2. The molecule has 1 aliphatic rings. The summed E-state index contributed by atoms with van der Waals surface area (Å²) in [5, 5.41) is 15.1. The lowest BCUT2D eigenvalue weighted by molar-refractivity contribution is -0.384. The average molecular weight is 433 g/mol. The van der Waals surface area contributed by atoms with E-state index in [1.54, 1.807) is 17.5 Å². The predicted molar refractivity (Wildman–Crippen MR) is 108 cm³/mol. The number of nitro benzene ring substituents is 1. The van der Waals surface area contributed by atoms with Gasteiger partial charge >= 0.3 is 5.97 Å². The summed E-state index contributed by atoms with van der Waals surface area (Å²) in [5.41, 5.74) is 0.0209. The summed E-state index contributed by atoms with van der Waals surface area (Å²) in [6.07, 6.45) is 1.14.